The van der Waals surface area contributed by atoms with Gasteiger partial charge in [-0.05, 0) is 24.6 Å². The number of ether oxygens (including phenoxy) is 2. The van der Waals surface area contributed by atoms with Crippen LogP contribution < -0.4 is 4.74 Å². The van der Waals surface area contributed by atoms with Gasteiger partial charge in [-0.3, -0.25) is 0 Å². The molecule has 0 atom stereocenters. The van der Waals surface area contributed by atoms with E-state index in [9.17, 15) is 4.79 Å². The van der Waals surface area contributed by atoms with E-state index in [0.717, 1.165) is 5.56 Å². The van der Waals surface area contributed by atoms with E-state index >= 15 is 0 Å². The molecule has 0 radical (unpaired) electrons. The molecule has 0 aliphatic rings. The van der Waals surface area contributed by atoms with Gasteiger partial charge in [0.15, 0.2) is 0 Å². The second kappa shape index (κ2) is 6.62. The van der Waals surface area contributed by atoms with Crippen LogP contribution in [0, 0.1) is 0 Å². The zero-order valence-corrected chi connectivity index (χ0v) is 12.5. The number of carbonyl (C=O) groups excluding carboxylic acids is 1. The Morgan fingerprint density at radius 2 is 2.11 bits per heavy atom. The fourth-order valence-electron chi connectivity index (χ4n) is 1.62. The quantitative estimate of drug-likeness (QED) is 0.609. The van der Waals surface area contributed by atoms with Gasteiger partial charge in [-0.1, -0.05) is 37.6 Å². The van der Waals surface area contributed by atoms with E-state index in [2.05, 4.69) is 0 Å². The maximum Gasteiger partial charge on any atom is 0.330 e. The normalized spacial score (nSPS) is 11.6. The van der Waals surface area contributed by atoms with Gasteiger partial charge in [0.05, 0.1) is 18.7 Å². The van der Waals surface area contributed by atoms with Crippen LogP contribution in [0.15, 0.2) is 30.4 Å². The summed E-state index contributed by atoms with van der Waals surface area (Å²) in [6.07, 6.45) is 3.26. The number of methoxy groups -OCH3 is 1. The number of carbonyl (C=O) groups is 1. The van der Waals surface area contributed by atoms with Crippen LogP contribution in [-0.2, 0) is 14.9 Å². The number of halogens is 1. The minimum Gasteiger partial charge on any atom is -0.495 e. The highest BCUT2D eigenvalue weighted by Gasteiger charge is 2.19. The second-order valence-electron chi connectivity index (χ2n) is 4.66. The van der Waals surface area contributed by atoms with Crippen molar-refractivity contribution in [1.82, 2.24) is 0 Å². The van der Waals surface area contributed by atoms with Crippen LogP contribution in [0.25, 0.3) is 0 Å². The molecule has 4 heteroatoms. The van der Waals surface area contributed by atoms with Gasteiger partial charge in [-0.25, -0.2) is 4.79 Å². The molecule has 1 rings (SSSR count). The molecule has 0 heterocycles. The molecule has 3 nitrogen and oxygen atoms in total. The lowest BCUT2D eigenvalue weighted by atomic mass is 9.84. The third-order valence-corrected chi connectivity index (χ3v) is 3.13. The van der Waals surface area contributed by atoms with Gasteiger partial charge in [-0.2, -0.15) is 0 Å². The van der Waals surface area contributed by atoms with Gasteiger partial charge in [-0.15, -0.1) is 0 Å². The Morgan fingerprint density at radius 3 is 2.68 bits per heavy atom. The van der Waals surface area contributed by atoms with Crippen LogP contribution in [0.3, 0.4) is 0 Å². The maximum atomic E-state index is 11.3. The first-order valence-corrected chi connectivity index (χ1v) is 6.48. The lowest BCUT2D eigenvalue weighted by Crippen LogP contribution is -2.14. The monoisotopic (exact) mass is 282 g/mol. The molecule has 0 fully saturated rings. The molecular formula is C15H19ClO3. The smallest absolute Gasteiger partial charge is 0.330 e. The summed E-state index contributed by atoms with van der Waals surface area (Å²) in [4.78, 5) is 11.3. The van der Waals surface area contributed by atoms with Gasteiger partial charge in [0.1, 0.15) is 5.75 Å². The summed E-state index contributed by atoms with van der Waals surface area (Å²) in [6, 6.07) is 5.58. The maximum absolute atomic E-state index is 11.3. The molecule has 0 amide bonds. The fraction of sp³-hybridized carbons (Fsp3) is 0.400. The molecule has 1 aromatic rings. The molecular weight excluding hydrogens is 264 g/mol. The highest BCUT2D eigenvalue weighted by atomic mass is 35.5. The summed E-state index contributed by atoms with van der Waals surface area (Å²) in [5, 5.41) is 0.566. The fourth-order valence-corrected chi connectivity index (χ4v) is 1.82. The minimum atomic E-state index is -0.337. The summed E-state index contributed by atoms with van der Waals surface area (Å²) in [6.45, 7) is 6.16. The van der Waals surface area contributed by atoms with Crippen molar-refractivity contribution in [2.75, 3.05) is 13.7 Å². The number of rotatable bonds is 5. The first kappa shape index (κ1) is 15.6. The summed E-state index contributed by atoms with van der Waals surface area (Å²) >= 11 is 6.00. The molecule has 0 unspecified atom stereocenters. The van der Waals surface area contributed by atoms with E-state index in [1.165, 1.54) is 6.08 Å². The number of hydrogen-bond donors (Lipinski definition) is 0. The number of allylic oxidation sites excluding steroid dienone is 1. The average molecular weight is 283 g/mol. The van der Waals surface area contributed by atoms with Crippen molar-refractivity contribution in [3.8, 4) is 5.75 Å². The molecule has 0 spiro atoms. The number of hydrogen-bond acceptors (Lipinski definition) is 3. The Morgan fingerprint density at radius 1 is 1.42 bits per heavy atom. The van der Waals surface area contributed by atoms with Crippen molar-refractivity contribution >= 4 is 17.6 Å². The molecule has 0 aliphatic carbocycles. The summed E-state index contributed by atoms with van der Waals surface area (Å²) in [5.74, 6) is 0.285. The molecule has 0 N–H and O–H groups in total. The largest absolute Gasteiger partial charge is 0.495 e. The molecule has 0 bridgehead atoms. The Kier molecular flexibility index (Phi) is 5.43. The third kappa shape index (κ3) is 4.28. The van der Waals surface area contributed by atoms with Crippen LogP contribution in [0.2, 0.25) is 5.02 Å². The number of benzene rings is 1. The van der Waals surface area contributed by atoms with Crippen LogP contribution in [0.4, 0.5) is 0 Å². The van der Waals surface area contributed by atoms with Crippen LogP contribution in [-0.4, -0.2) is 19.7 Å². The van der Waals surface area contributed by atoms with Gasteiger partial charge < -0.3 is 9.47 Å². The zero-order chi connectivity index (χ0) is 14.5. The lowest BCUT2D eigenvalue weighted by molar-refractivity contribution is -0.137. The molecule has 0 saturated heterocycles. The van der Waals surface area contributed by atoms with Crippen LogP contribution >= 0.6 is 11.6 Å². The van der Waals surface area contributed by atoms with Gasteiger partial charge in [0.25, 0.3) is 0 Å². The zero-order valence-electron chi connectivity index (χ0n) is 11.7. The van der Waals surface area contributed by atoms with E-state index < -0.39 is 0 Å². The minimum absolute atomic E-state index is 0.315. The van der Waals surface area contributed by atoms with E-state index in [-0.39, 0.29) is 11.4 Å². The molecule has 19 heavy (non-hydrogen) atoms. The summed E-state index contributed by atoms with van der Waals surface area (Å²) < 4.78 is 10.1. The summed E-state index contributed by atoms with van der Waals surface area (Å²) in [5.41, 5.74) is 0.694. The second-order valence-corrected chi connectivity index (χ2v) is 5.06. The molecule has 0 saturated carbocycles. The van der Waals surface area contributed by atoms with E-state index in [1.54, 1.807) is 20.1 Å². The first-order valence-electron chi connectivity index (χ1n) is 6.10. The number of esters is 1. The van der Waals surface area contributed by atoms with Crippen molar-refractivity contribution in [3.05, 3.63) is 40.9 Å². The molecule has 0 aromatic heterocycles. The van der Waals surface area contributed by atoms with Crippen molar-refractivity contribution in [1.29, 1.82) is 0 Å². The molecule has 104 valence electrons. The Balaban J connectivity index is 2.96. The van der Waals surface area contributed by atoms with Crippen molar-refractivity contribution in [2.45, 2.75) is 26.2 Å². The summed E-state index contributed by atoms with van der Waals surface area (Å²) in [7, 11) is 1.58. The SMILES string of the molecule is CCOC(=O)C=CC(C)(C)c1ccc(Cl)c(OC)c1. The van der Waals surface area contributed by atoms with Crippen molar-refractivity contribution in [3.63, 3.8) is 0 Å². The Bertz CT molecular complexity index is 478. The van der Waals surface area contributed by atoms with Gasteiger partial charge in [0.2, 0.25) is 0 Å². The van der Waals surface area contributed by atoms with E-state index in [4.69, 9.17) is 21.1 Å². The highest BCUT2D eigenvalue weighted by molar-refractivity contribution is 6.32. The van der Waals surface area contributed by atoms with Gasteiger partial charge in [0, 0.05) is 11.5 Å². The van der Waals surface area contributed by atoms with Gasteiger partial charge >= 0.3 is 5.97 Å². The lowest BCUT2D eigenvalue weighted by Gasteiger charge is -2.21. The van der Waals surface area contributed by atoms with Crippen LogP contribution in [0.1, 0.15) is 26.3 Å². The topological polar surface area (TPSA) is 35.5 Å². The van der Waals surface area contributed by atoms with Crippen molar-refractivity contribution < 1.29 is 14.3 Å². The predicted octanol–water partition coefficient (Wildman–Crippen LogP) is 3.75. The predicted molar refractivity (Wildman–Crippen MR) is 76.8 cm³/mol. The molecule has 1 aromatic carbocycles. The average Bonchev–Trinajstić information content (AvgIpc) is 2.37. The molecule has 0 aliphatic heterocycles. The highest BCUT2D eigenvalue weighted by Crippen LogP contribution is 2.32. The third-order valence-electron chi connectivity index (χ3n) is 2.82. The van der Waals surface area contributed by atoms with Crippen molar-refractivity contribution in [2.24, 2.45) is 0 Å². The Labute approximate surface area is 119 Å². The standard InChI is InChI=1S/C15H19ClO3/c1-5-19-14(17)8-9-15(2,3)11-6-7-12(16)13(10-11)18-4/h6-10H,5H2,1-4H3. The Hall–Kier alpha value is -1.48. The van der Waals surface area contributed by atoms with E-state index in [1.807, 2.05) is 32.1 Å². The van der Waals surface area contributed by atoms with E-state index in [0.29, 0.717) is 17.4 Å². The first-order chi connectivity index (χ1) is 8.90. The van der Waals surface area contributed by atoms with Crippen LogP contribution in [0.5, 0.6) is 5.75 Å².